The fraction of sp³-hybridized carbons (Fsp3) is 0.800. The van der Waals surface area contributed by atoms with Crippen LogP contribution in [0.15, 0.2) is 0 Å². The van der Waals surface area contributed by atoms with Crippen molar-refractivity contribution in [2.24, 2.45) is 0 Å². The molecule has 0 N–H and O–H groups in total. The highest BCUT2D eigenvalue weighted by Crippen LogP contribution is 2.35. The van der Waals surface area contributed by atoms with Gasteiger partial charge in [-0.1, -0.05) is 0 Å². The summed E-state index contributed by atoms with van der Waals surface area (Å²) in [5, 5.41) is 1.82. The van der Waals surface area contributed by atoms with Gasteiger partial charge < -0.3 is 0 Å². The lowest BCUT2D eigenvalue weighted by Gasteiger charge is -2.45. The summed E-state index contributed by atoms with van der Waals surface area (Å²) in [7, 11) is 1.63. The highest BCUT2D eigenvalue weighted by molar-refractivity contribution is 5.81. The zero-order chi connectivity index (χ0) is 10.3. The summed E-state index contributed by atoms with van der Waals surface area (Å²) in [5.41, 5.74) is -0.686. The van der Waals surface area contributed by atoms with Gasteiger partial charge in [0.25, 0.3) is 0 Å². The van der Waals surface area contributed by atoms with Gasteiger partial charge in [0.15, 0.2) is 5.54 Å². The number of carbonyl (C=O) groups excluding carboxylic acids is 1. The third-order valence-electron chi connectivity index (χ3n) is 2.43. The summed E-state index contributed by atoms with van der Waals surface area (Å²) in [6.45, 7) is 9.93. The lowest BCUT2D eigenvalue weighted by Crippen LogP contribution is -2.60. The average molecular weight is 184 g/mol. The molecule has 74 valence electrons. The molecule has 1 fully saturated rings. The van der Waals surface area contributed by atoms with Gasteiger partial charge in [-0.05, 0) is 20.8 Å². The van der Waals surface area contributed by atoms with Crippen LogP contribution in [0.5, 0.6) is 0 Å². The minimum atomic E-state index is -0.437. The van der Waals surface area contributed by atoms with Gasteiger partial charge in [-0.15, -0.1) is 5.06 Å². The van der Waals surface area contributed by atoms with Gasteiger partial charge in [-0.3, -0.25) is 9.63 Å². The third-order valence-corrected chi connectivity index (χ3v) is 2.43. The molecular weight excluding hydrogens is 166 g/mol. The van der Waals surface area contributed by atoms with Crippen molar-refractivity contribution in [2.45, 2.75) is 44.7 Å². The number of carbonyl (C=O) groups is 1. The Morgan fingerprint density at radius 1 is 1.38 bits per heavy atom. The number of rotatable bonds is 1. The standard InChI is InChI=1S/C10H18NO2/c1-9(2)6-8(12)7-10(3,4)11(9)13-5/h1,6-7H2,2-5H3/q+1. The largest absolute Gasteiger partial charge is 0.299 e. The van der Waals surface area contributed by atoms with Crippen molar-refractivity contribution < 1.29 is 9.63 Å². The van der Waals surface area contributed by atoms with E-state index in [9.17, 15) is 4.79 Å². The zero-order valence-electron chi connectivity index (χ0n) is 8.89. The van der Waals surface area contributed by atoms with Crippen LogP contribution >= 0.6 is 0 Å². The van der Waals surface area contributed by atoms with E-state index >= 15 is 0 Å². The van der Waals surface area contributed by atoms with Crippen molar-refractivity contribution in [3.8, 4) is 0 Å². The molecule has 0 aromatic carbocycles. The van der Waals surface area contributed by atoms with E-state index in [0.717, 1.165) is 0 Å². The van der Waals surface area contributed by atoms with E-state index in [4.69, 9.17) is 4.84 Å². The lowest BCUT2D eigenvalue weighted by molar-refractivity contribution is -0.250. The summed E-state index contributed by atoms with van der Waals surface area (Å²) in [6.07, 6.45) is 0.996. The summed E-state index contributed by atoms with van der Waals surface area (Å²) in [4.78, 5) is 16.7. The Bertz CT molecular complexity index is 201. The number of ketones is 1. The number of hydroxylamine groups is 2. The first-order chi connectivity index (χ1) is 5.79. The molecule has 0 aromatic heterocycles. The molecule has 1 saturated heterocycles. The van der Waals surface area contributed by atoms with Crippen molar-refractivity contribution in [3.63, 3.8) is 0 Å². The van der Waals surface area contributed by atoms with Crippen LogP contribution in [0.25, 0.3) is 0 Å². The highest BCUT2D eigenvalue weighted by Gasteiger charge is 2.50. The topological polar surface area (TPSA) is 29.5 Å². The van der Waals surface area contributed by atoms with E-state index in [0.29, 0.717) is 12.8 Å². The fourth-order valence-electron chi connectivity index (χ4n) is 2.31. The van der Waals surface area contributed by atoms with Gasteiger partial charge in [0.2, 0.25) is 0 Å². The molecule has 13 heavy (non-hydrogen) atoms. The molecule has 0 radical (unpaired) electrons. The maximum Gasteiger partial charge on any atom is 0.185 e. The van der Waals surface area contributed by atoms with Crippen molar-refractivity contribution in [3.05, 3.63) is 6.92 Å². The first kappa shape index (κ1) is 10.5. The summed E-state index contributed by atoms with van der Waals surface area (Å²) >= 11 is 0. The van der Waals surface area contributed by atoms with Crippen LogP contribution in [0.4, 0.5) is 0 Å². The molecule has 1 atom stereocenters. The van der Waals surface area contributed by atoms with Crippen LogP contribution in [0.2, 0.25) is 0 Å². The molecule has 1 unspecified atom stereocenters. The van der Waals surface area contributed by atoms with Gasteiger partial charge >= 0.3 is 0 Å². The maximum absolute atomic E-state index is 11.4. The Morgan fingerprint density at radius 3 is 2.31 bits per heavy atom. The van der Waals surface area contributed by atoms with E-state index in [1.165, 1.54) is 0 Å². The Balaban J connectivity index is 2.94. The van der Waals surface area contributed by atoms with Crippen molar-refractivity contribution in [2.75, 3.05) is 7.11 Å². The zero-order valence-corrected chi connectivity index (χ0v) is 8.89. The lowest BCUT2D eigenvalue weighted by atomic mass is 9.81. The van der Waals surface area contributed by atoms with E-state index in [1.54, 1.807) is 7.11 Å². The molecule has 1 heterocycles. The Labute approximate surface area is 80.0 Å². The SMILES string of the molecule is [CH2+]C1(C)CC(=O)CC(C)(C)N1OC. The van der Waals surface area contributed by atoms with Gasteiger partial charge in [-0.2, -0.15) is 0 Å². The number of nitrogens with zero attached hydrogens (tertiary/aromatic N) is 1. The molecule has 0 amide bonds. The molecule has 0 saturated carbocycles. The van der Waals surface area contributed by atoms with Crippen LogP contribution in [0, 0.1) is 6.92 Å². The second kappa shape index (κ2) is 3.00. The Kier molecular flexibility index (Phi) is 2.43. The summed E-state index contributed by atoms with van der Waals surface area (Å²) in [6, 6.07) is 0. The molecule has 1 aliphatic rings. The normalized spacial score (nSPS) is 34.9. The maximum atomic E-state index is 11.4. The third kappa shape index (κ3) is 1.86. The number of hydrogen-bond donors (Lipinski definition) is 0. The highest BCUT2D eigenvalue weighted by atomic mass is 16.7. The summed E-state index contributed by atoms with van der Waals surface area (Å²) in [5.74, 6) is 0.260. The molecule has 1 rings (SSSR count). The van der Waals surface area contributed by atoms with Crippen molar-refractivity contribution >= 4 is 5.78 Å². The van der Waals surface area contributed by atoms with E-state index < -0.39 is 5.54 Å². The van der Waals surface area contributed by atoms with Crippen LogP contribution in [-0.2, 0) is 9.63 Å². The second-order valence-electron chi connectivity index (χ2n) is 4.68. The molecule has 0 bridgehead atoms. The van der Waals surface area contributed by atoms with Crippen LogP contribution in [0.1, 0.15) is 33.6 Å². The quantitative estimate of drug-likeness (QED) is 0.579. The van der Waals surface area contributed by atoms with E-state index in [-0.39, 0.29) is 11.3 Å². The van der Waals surface area contributed by atoms with Crippen LogP contribution < -0.4 is 0 Å². The van der Waals surface area contributed by atoms with Gasteiger partial charge in [0.1, 0.15) is 5.78 Å². The minimum absolute atomic E-state index is 0.249. The predicted octanol–water partition coefficient (Wildman–Crippen LogP) is 1.58. The fourth-order valence-corrected chi connectivity index (χ4v) is 2.31. The van der Waals surface area contributed by atoms with Crippen molar-refractivity contribution in [1.29, 1.82) is 0 Å². The molecule has 0 spiro atoms. The van der Waals surface area contributed by atoms with Gasteiger partial charge in [0.05, 0.1) is 26.0 Å². The Hall–Kier alpha value is -0.540. The smallest absolute Gasteiger partial charge is 0.185 e. The van der Waals surface area contributed by atoms with Crippen molar-refractivity contribution in [1.82, 2.24) is 5.06 Å². The minimum Gasteiger partial charge on any atom is -0.299 e. The van der Waals surface area contributed by atoms with E-state index in [2.05, 4.69) is 6.92 Å². The van der Waals surface area contributed by atoms with Crippen LogP contribution in [0.3, 0.4) is 0 Å². The number of Topliss-reactive ketones (excluding diaryl/α,β-unsaturated/α-hetero) is 1. The van der Waals surface area contributed by atoms with Crippen LogP contribution in [-0.4, -0.2) is 29.0 Å². The molecule has 0 aliphatic carbocycles. The number of hydrogen-bond acceptors (Lipinski definition) is 3. The predicted molar refractivity (Wildman–Crippen MR) is 50.9 cm³/mol. The monoisotopic (exact) mass is 184 g/mol. The van der Waals surface area contributed by atoms with Gasteiger partial charge in [-0.25, -0.2) is 0 Å². The molecule has 1 aliphatic heterocycles. The molecule has 3 heteroatoms. The summed E-state index contributed by atoms with van der Waals surface area (Å²) < 4.78 is 0. The van der Waals surface area contributed by atoms with E-state index in [1.807, 2.05) is 25.8 Å². The molecule has 0 aromatic rings. The molecule has 3 nitrogen and oxygen atoms in total. The molecular formula is C10H18NO2+. The second-order valence-corrected chi connectivity index (χ2v) is 4.68. The Morgan fingerprint density at radius 2 is 1.92 bits per heavy atom. The number of piperidine rings is 1. The first-order valence-electron chi connectivity index (χ1n) is 4.51. The first-order valence-corrected chi connectivity index (χ1v) is 4.51. The van der Waals surface area contributed by atoms with Gasteiger partial charge in [0, 0.05) is 6.42 Å². The average Bonchev–Trinajstić information content (AvgIpc) is 1.79.